The van der Waals surface area contributed by atoms with Crippen molar-refractivity contribution in [3.05, 3.63) is 29.3 Å². The Kier molecular flexibility index (Phi) is 4.79. The van der Waals surface area contributed by atoms with Crippen LogP contribution in [-0.2, 0) is 9.53 Å². The van der Waals surface area contributed by atoms with Crippen LogP contribution in [0.4, 0.5) is 5.69 Å². The van der Waals surface area contributed by atoms with Crippen LogP contribution in [0.3, 0.4) is 0 Å². The summed E-state index contributed by atoms with van der Waals surface area (Å²) in [4.78, 5) is 11.2. The molecule has 0 atom stereocenters. The van der Waals surface area contributed by atoms with Gasteiger partial charge in [-0.1, -0.05) is 11.6 Å². The Morgan fingerprint density at radius 2 is 2.06 bits per heavy atom. The minimum atomic E-state index is -0.427. The summed E-state index contributed by atoms with van der Waals surface area (Å²) in [5.41, 5.74) is 3.77. The highest BCUT2D eigenvalue weighted by Gasteiger charge is 2.05. The minimum Gasteiger partial charge on any atom is -0.461 e. The number of nitrogens with zero attached hydrogens (tertiary/aromatic N) is 1. The summed E-state index contributed by atoms with van der Waals surface area (Å²) < 4.78 is 4.78. The number of esters is 1. The molecule has 4 nitrogen and oxygen atoms in total. The zero-order valence-corrected chi connectivity index (χ0v) is 9.91. The number of carbonyl (C=O) groups excluding carboxylic acids is 1. The molecule has 0 aliphatic rings. The molecule has 5 heteroatoms. The van der Waals surface area contributed by atoms with Crippen molar-refractivity contribution in [3.63, 3.8) is 0 Å². The number of anilines is 1. The van der Waals surface area contributed by atoms with Crippen molar-refractivity contribution < 1.29 is 9.53 Å². The van der Waals surface area contributed by atoms with Gasteiger partial charge in [0.2, 0.25) is 0 Å². The summed E-state index contributed by atoms with van der Waals surface area (Å²) >= 11 is 5.73. The standard InChI is InChI=1S/C11H13ClN2O2/c1-3-16-11(15)8(2)13-14-10-6-4-9(12)5-7-10/h4-7,14H,3H2,1-2H3/b13-8-. The molecule has 1 N–H and O–H groups in total. The van der Waals surface area contributed by atoms with E-state index >= 15 is 0 Å². The number of benzene rings is 1. The Labute approximate surface area is 99.2 Å². The van der Waals surface area contributed by atoms with Gasteiger partial charge < -0.3 is 4.74 Å². The van der Waals surface area contributed by atoms with Gasteiger partial charge in [0.05, 0.1) is 12.3 Å². The van der Waals surface area contributed by atoms with E-state index < -0.39 is 5.97 Å². The van der Waals surface area contributed by atoms with Crippen LogP contribution >= 0.6 is 11.6 Å². The molecule has 0 aliphatic heterocycles. The molecule has 86 valence electrons. The summed E-state index contributed by atoms with van der Waals surface area (Å²) in [5, 5.41) is 4.54. The number of hydrogen-bond acceptors (Lipinski definition) is 4. The first-order chi connectivity index (χ1) is 7.63. The molecule has 0 saturated carbocycles. The Hall–Kier alpha value is -1.55. The Morgan fingerprint density at radius 1 is 1.44 bits per heavy atom. The molecular formula is C11H13ClN2O2. The van der Waals surface area contributed by atoms with Gasteiger partial charge in [-0.3, -0.25) is 5.43 Å². The quantitative estimate of drug-likeness (QED) is 0.500. The van der Waals surface area contributed by atoms with Crippen molar-refractivity contribution in [2.24, 2.45) is 5.10 Å². The molecule has 1 rings (SSSR count). The van der Waals surface area contributed by atoms with Gasteiger partial charge in [-0.25, -0.2) is 4.79 Å². The first-order valence-electron chi connectivity index (χ1n) is 4.86. The van der Waals surface area contributed by atoms with E-state index in [2.05, 4.69) is 10.5 Å². The molecule has 0 amide bonds. The summed E-state index contributed by atoms with van der Waals surface area (Å²) in [6, 6.07) is 7.01. The molecule has 16 heavy (non-hydrogen) atoms. The number of ether oxygens (including phenoxy) is 1. The third-order valence-electron chi connectivity index (χ3n) is 1.77. The number of hydrazone groups is 1. The summed E-state index contributed by atoms with van der Waals surface area (Å²) in [6.07, 6.45) is 0. The topological polar surface area (TPSA) is 50.7 Å². The van der Waals surface area contributed by atoms with Gasteiger partial charge in [-0.2, -0.15) is 5.10 Å². The second-order valence-corrected chi connectivity index (χ2v) is 3.47. The molecule has 0 unspecified atom stereocenters. The van der Waals surface area contributed by atoms with Gasteiger partial charge in [0.1, 0.15) is 5.71 Å². The molecule has 0 aliphatic carbocycles. The predicted molar refractivity (Wildman–Crippen MR) is 64.8 cm³/mol. The first-order valence-corrected chi connectivity index (χ1v) is 5.24. The number of carbonyl (C=O) groups is 1. The zero-order chi connectivity index (χ0) is 12.0. The van der Waals surface area contributed by atoms with Crippen molar-refractivity contribution in [2.45, 2.75) is 13.8 Å². The van der Waals surface area contributed by atoms with E-state index in [4.69, 9.17) is 16.3 Å². The normalized spacial score (nSPS) is 11.1. The lowest BCUT2D eigenvalue weighted by Crippen LogP contribution is -2.15. The van der Waals surface area contributed by atoms with Gasteiger partial charge in [-0.15, -0.1) is 0 Å². The van der Waals surface area contributed by atoms with Crippen LogP contribution in [0.1, 0.15) is 13.8 Å². The summed E-state index contributed by atoms with van der Waals surface area (Å²) in [5.74, 6) is -0.427. The molecule has 0 heterocycles. The smallest absolute Gasteiger partial charge is 0.354 e. The number of hydrogen-bond donors (Lipinski definition) is 1. The van der Waals surface area contributed by atoms with Crippen molar-refractivity contribution in [1.29, 1.82) is 0 Å². The molecule has 0 bridgehead atoms. The molecule has 0 aromatic heterocycles. The van der Waals surface area contributed by atoms with E-state index in [1.807, 2.05) is 0 Å². The van der Waals surface area contributed by atoms with Crippen molar-refractivity contribution in [3.8, 4) is 0 Å². The second-order valence-electron chi connectivity index (χ2n) is 3.04. The van der Waals surface area contributed by atoms with Gasteiger partial charge in [0, 0.05) is 5.02 Å². The van der Waals surface area contributed by atoms with Crippen LogP contribution in [0.25, 0.3) is 0 Å². The lowest BCUT2D eigenvalue weighted by Gasteiger charge is -2.03. The Bertz CT molecular complexity index is 387. The number of rotatable bonds is 4. The largest absolute Gasteiger partial charge is 0.461 e. The molecule has 1 aromatic rings. The molecule has 0 spiro atoms. The van der Waals surface area contributed by atoms with E-state index in [0.717, 1.165) is 5.69 Å². The fourth-order valence-corrected chi connectivity index (χ4v) is 1.08. The summed E-state index contributed by atoms with van der Waals surface area (Å²) in [7, 11) is 0. The molecule has 0 saturated heterocycles. The third kappa shape index (κ3) is 3.90. The minimum absolute atomic E-state index is 0.275. The van der Waals surface area contributed by atoms with Crippen LogP contribution in [0.15, 0.2) is 29.4 Å². The average Bonchev–Trinajstić information content (AvgIpc) is 2.28. The Morgan fingerprint density at radius 3 is 2.62 bits per heavy atom. The maximum absolute atomic E-state index is 11.2. The van der Waals surface area contributed by atoms with Crippen LogP contribution in [0.5, 0.6) is 0 Å². The molecule has 0 fully saturated rings. The second kappa shape index (κ2) is 6.12. The SMILES string of the molecule is CCOC(=O)/C(C)=N\Nc1ccc(Cl)cc1. The van der Waals surface area contributed by atoms with E-state index in [-0.39, 0.29) is 5.71 Å². The number of nitrogens with one attached hydrogen (secondary N) is 1. The predicted octanol–water partition coefficient (Wildman–Crippen LogP) is 2.69. The highest BCUT2D eigenvalue weighted by Crippen LogP contribution is 2.13. The average molecular weight is 241 g/mol. The lowest BCUT2D eigenvalue weighted by molar-refractivity contribution is -0.135. The van der Waals surface area contributed by atoms with Gasteiger partial charge in [-0.05, 0) is 38.1 Å². The Balaban J connectivity index is 2.58. The molecular weight excluding hydrogens is 228 g/mol. The van der Waals surface area contributed by atoms with Gasteiger partial charge in [0.25, 0.3) is 0 Å². The highest BCUT2D eigenvalue weighted by atomic mass is 35.5. The fourth-order valence-electron chi connectivity index (χ4n) is 0.954. The van der Waals surface area contributed by atoms with Crippen LogP contribution < -0.4 is 5.43 Å². The van der Waals surface area contributed by atoms with Crippen molar-refractivity contribution in [1.82, 2.24) is 0 Å². The summed E-state index contributed by atoms with van der Waals surface area (Å²) in [6.45, 7) is 3.67. The zero-order valence-electron chi connectivity index (χ0n) is 9.16. The van der Waals surface area contributed by atoms with E-state index in [1.54, 1.807) is 38.1 Å². The molecule has 1 aromatic carbocycles. The van der Waals surface area contributed by atoms with Crippen molar-refractivity contribution >= 4 is 29.0 Å². The third-order valence-corrected chi connectivity index (χ3v) is 2.02. The van der Waals surface area contributed by atoms with Gasteiger partial charge in [0.15, 0.2) is 0 Å². The van der Waals surface area contributed by atoms with Crippen LogP contribution in [-0.4, -0.2) is 18.3 Å². The first kappa shape index (κ1) is 12.5. The van der Waals surface area contributed by atoms with Crippen LogP contribution in [0.2, 0.25) is 5.02 Å². The number of halogens is 1. The lowest BCUT2D eigenvalue weighted by atomic mass is 10.3. The van der Waals surface area contributed by atoms with E-state index in [1.165, 1.54) is 0 Å². The monoisotopic (exact) mass is 240 g/mol. The van der Waals surface area contributed by atoms with E-state index in [0.29, 0.717) is 11.6 Å². The highest BCUT2D eigenvalue weighted by molar-refractivity contribution is 6.35. The van der Waals surface area contributed by atoms with Gasteiger partial charge >= 0.3 is 5.97 Å². The van der Waals surface area contributed by atoms with Crippen molar-refractivity contribution in [2.75, 3.05) is 12.0 Å². The maximum Gasteiger partial charge on any atom is 0.354 e. The fraction of sp³-hybridized carbons (Fsp3) is 0.273. The van der Waals surface area contributed by atoms with Crippen LogP contribution in [0, 0.1) is 0 Å². The molecule has 0 radical (unpaired) electrons. The van der Waals surface area contributed by atoms with E-state index in [9.17, 15) is 4.79 Å². The maximum atomic E-state index is 11.2.